The first-order chi connectivity index (χ1) is 9.29. The van der Waals surface area contributed by atoms with Gasteiger partial charge in [-0.15, -0.1) is 0 Å². The Morgan fingerprint density at radius 2 is 1.89 bits per heavy atom. The van der Waals surface area contributed by atoms with Crippen LogP contribution in [0.2, 0.25) is 0 Å². The lowest BCUT2D eigenvalue weighted by molar-refractivity contribution is -0.133. The fourth-order valence-electron chi connectivity index (χ4n) is 3.17. The van der Waals surface area contributed by atoms with Crippen LogP contribution in [0.5, 0.6) is 0 Å². The molecular weight excluding hydrogens is 238 g/mol. The second-order valence-electron chi connectivity index (χ2n) is 5.96. The molecule has 0 bridgehead atoms. The highest BCUT2D eigenvalue weighted by atomic mass is 16.2. The minimum Gasteiger partial charge on any atom is -0.342 e. The van der Waals surface area contributed by atoms with Gasteiger partial charge < -0.3 is 10.2 Å². The molecule has 19 heavy (non-hydrogen) atoms. The SMILES string of the molecule is CCN(CC(=O)N1CCCCC1)CC1CCNCC1. The van der Waals surface area contributed by atoms with E-state index in [-0.39, 0.29) is 0 Å². The lowest BCUT2D eigenvalue weighted by Gasteiger charge is -2.32. The minimum absolute atomic E-state index is 0.343. The maximum absolute atomic E-state index is 12.3. The highest BCUT2D eigenvalue weighted by molar-refractivity contribution is 5.78. The fourth-order valence-corrected chi connectivity index (χ4v) is 3.17. The lowest BCUT2D eigenvalue weighted by atomic mass is 9.97. The first kappa shape index (κ1) is 14.8. The van der Waals surface area contributed by atoms with Crippen molar-refractivity contribution in [2.75, 3.05) is 45.8 Å². The van der Waals surface area contributed by atoms with Gasteiger partial charge in [0.2, 0.25) is 5.91 Å². The number of nitrogens with one attached hydrogen (secondary N) is 1. The first-order valence-electron chi connectivity index (χ1n) is 8.00. The van der Waals surface area contributed by atoms with Crippen molar-refractivity contribution in [3.63, 3.8) is 0 Å². The van der Waals surface area contributed by atoms with Crippen molar-refractivity contribution < 1.29 is 4.79 Å². The van der Waals surface area contributed by atoms with E-state index in [0.717, 1.165) is 45.2 Å². The fraction of sp³-hybridized carbons (Fsp3) is 0.933. The molecule has 2 aliphatic heterocycles. The molecule has 0 saturated carbocycles. The van der Waals surface area contributed by atoms with Crippen molar-refractivity contribution in [1.29, 1.82) is 0 Å². The van der Waals surface area contributed by atoms with Crippen LogP contribution in [0.1, 0.15) is 39.0 Å². The van der Waals surface area contributed by atoms with Crippen LogP contribution in [0.3, 0.4) is 0 Å². The molecular formula is C15H29N3O. The summed E-state index contributed by atoms with van der Waals surface area (Å²) in [5.74, 6) is 1.12. The first-order valence-corrected chi connectivity index (χ1v) is 8.00. The second kappa shape index (κ2) is 7.85. The lowest BCUT2D eigenvalue weighted by Crippen LogP contribution is -2.44. The molecule has 0 unspecified atom stereocenters. The Labute approximate surface area is 117 Å². The molecule has 2 rings (SSSR count). The summed E-state index contributed by atoms with van der Waals surface area (Å²) >= 11 is 0. The number of likely N-dealkylation sites (N-methyl/N-ethyl adjacent to an activating group) is 1. The van der Waals surface area contributed by atoms with Gasteiger partial charge in [-0.2, -0.15) is 0 Å². The summed E-state index contributed by atoms with van der Waals surface area (Å²) in [5, 5.41) is 3.40. The second-order valence-corrected chi connectivity index (χ2v) is 5.96. The van der Waals surface area contributed by atoms with Gasteiger partial charge in [0.15, 0.2) is 0 Å². The van der Waals surface area contributed by atoms with Crippen molar-refractivity contribution in [2.45, 2.75) is 39.0 Å². The molecule has 0 aromatic rings. The molecule has 0 radical (unpaired) electrons. The third-order valence-corrected chi connectivity index (χ3v) is 4.49. The standard InChI is InChI=1S/C15H29N3O/c1-2-17(12-14-6-8-16-9-7-14)13-15(19)18-10-4-3-5-11-18/h14,16H,2-13H2,1H3. The predicted octanol–water partition coefficient (Wildman–Crippen LogP) is 1.32. The molecule has 0 aromatic carbocycles. The maximum atomic E-state index is 12.3. The predicted molar refractivity (Wildman–Crippen MR) is 78.1 cm³/mol. The van der Waals surface area contributed by atoms with Crippen molar-refractivity contribution in [1.82, 2.24) is 15.1 Å². The number of rotatable bonds is 5. The third kappa shape index (κ3) is 4.77. The van der Waals surface area contributed by atoms with E-state index in [1.807, 2.05) is 0 Å². The van der Waals surface area contributed by atoms with Crippen LogP contribution in [-0.4, -0.2) is 61.5 Å². The summed E-state index contributed by atoms with van der Waals surface area (Å²) in [6.45, 7) is 9.12. The van der Waals surface area contributed by atoms with Crippen LogP contribution in [0, 0.1) is 5.92 Å². The Balaban J connectivity index is 1.75. The number of piperidine rings is 2. The number of carbonyl (C=O) groups is 1. The van der Waals surface area contributed by atoms with Crippen LogP contribution in [0.15, 0.2) is 0 Å². The van der Waals surface area contributed by atoms with E-state index in [4.69, 9.17) is 0 Å². The molecule has 110 valence electrons. The topological polar surface area (TPSA) is 35.6 Å². The van der Waals surface area contributed by atoms with Gasteiger partial charge in [0, 0.05) is 19.6 Å². The Morgan fingerprint density at radius 3 is 2.53 bits per heavy atom. The number of hydrogen-bond donors (Lipinski definition) is 1. The Hall–Kier alpha value is -0.610. The van der Waals surface area contributed by atoms with Crippen molar-refractivity contribution >= 4 is 5.91 Å². The zero-order valence-electron chi connectivity index (χ0n) is 12.4. The summed E-state index contributed by atoms with van der Waals surface area (Å²) in [6, 6.07) is 0. The zero-order valence-corrected chi connectivity index (χ0v) is 12.4. The van der Waals surface area contributed by atoms with Crippen LogP contribution in [0.25, 0.3) is 0 Å². The van der Waals surface area contributed by atoms with E-state index >= 15 is 0 Å². The molecule has 4 heteroatoms. The third-order valence-electron chi connectivity index (χ3n) is 4.49. The molecule has 0 aliphatic carbocycles. The normalized spacial score (nSPS) is 21.9. The van der Waals surface area contributed by atoms with Crippen molar-refractivity contribution in [3.8, 4) is 0 Å². The number of nitrogens with zero attached hydrogens (tertiary/aromatic N) is 2. The quantitative estimate of drug-likeness (QED) is 0.816. The smallest absolute Gasteiger partial charge is 0.236 e. The molecule has 1 N–H and O–H groups in total. The minimum atomic E-state index is 0.343. The molecule has 1 amide bonds. The van der Waals surface area contributed by atoms with Crippen LogP contribution in [-0.2, 0) is 4.79 Å². The van der Waals surface area contributed by atoms with Gasteiger partial charge in [-0.25, -0.2) is 0 Å². The highest BCUT2D eigenvalue weighted by Crippen LogP contribution is 2.14. The van der Waals surface area contributed by atoms with Crippen molar-refractivity contribution in [2.24, 2.45) is 5.92 Å². The van der Waals surface area contributed by atoms with Crippen LogP contribution < -0.4 is 5.32 Å². The monoisotopic (exact) mass is 267 g/mol. The number of carbonyl (C=O) groups excluding carboxylic acids is 1. The van der Waals surface area contributed by atoms with Crippen LogP contribution in [0.4, 0.5) is 0 Å². The average Bonchev–Trinajstić information content (AvgIpc) is 2.48. The number of amides is 1. The van der Waals surface area contributed by atoms with Gasteiger partial charge in [-0.3, -0.25) is 9.69 Å². The summed E-state index contributed by atoms with van der Waals surface area (Å²) in [5.41, 5.74) is 0. The summed E-state index contributed by atoms with van der Waals surface area (Å²) < 4.78 is 0. The molecule has 4 nitrogen and oxygen atoms in total. The summed E-state index contributed by atoms with van der Waals surface area (Å²) in [4.78, 5) is 16.7. The molecule has 0 aromatic heterocycles. The van der Waals surface area contributed by atoms with Gasteiger partial charge >= 0.3 is 0 Å². The summed E-state index contributed by atoms with van der Waals surface area (Å²) in [6.07, 6.45) is 6.18. The average molecular weight is 267 g/mol. The number of likely N-dealkylation sites (tertiary alicyclic amines) is 1. The molecule has 2 aliphatic rings. The van der Waals surface area contributed by atoms with Gasteiger partial charge in [0.1, 0.15) is 0 Å². The van der Waals surface area contributed by atoms with E-state index < -0.39 is 0 Å². The van der Waals surface area contributed by atoms with Crippen LogP contribution >= 0.6 is 0 Å². The molecule has 0 atom stereocenters. The van der Waals surface area contributed by atoms with E-state index in [1.165, 1.54) is 32.1 Å². The van der Waals surface area contributed by atoms with E-state index in [1.54, 1.807) is 0 Å². The Morgan fingerprint density at radius 1 is 1.21 bits per heavy atom. The summed E-state index contributed by atoms with van der Waals surface area (Å²) in [7, 11) is 0. The molecule has 2 saturated heterocycles. The largest absolute Gasteiger partial charge is 0.342 e. The van der Waals surface area contributed by atoms with E-state index in [0.29, 0.717) is 12.5 Å². The molecule has 0 spiro atoms. The van der Waals surface area contributed by atoms with E-state index in [9.17, 15) is 4.79 Å². The van der Waals surface area contributed by atoms with Gasteiger partial charge in [0.25, 0.3) is 0 Å². The van der Waals surface area contributed by atoms with Gasteiger partial charge in [-0.1, -0.05) is 6.92 Å². The van der Waals surface area contributed by atoms with E-state index in [2.05, 4.69) is 22.0 Å². The molecule has 2 fully saturated rings. The Kier molecular flexibility index (Phi) is 6.11. The number of hydrogen-bond acceptors (Lipinski definition) is 3. The van der Waals surface area contributed by atoms with Gasteiger partial charge in [-0.05, 0) is 57.7 Å². The van der Waals surface area contributed by atoms with Crippen molar-refractivity contribution in [3.05, 3.63) is 0 Å². The highest BCUT2D eigenvalue weighted by Gasteiger charge is 2.21. The Bertz CT molecular complexity index is 271. The van der Waals surface area contributed by atoms with Gasteiger partial charge in [0.05, 0.1) is 6.54 Å². The molecule has 2 heterocycles. The maximum Gasteiger partial charge on any atom is 0.236 e. The zero-order chi connectivity index (χ0) is 13.5.